The Morgan fingerprint density at radius 2 is 2.18 bits per heavy atom. The van der Waals surface area contributed by atoms with Crippen molar-refractivity contribution in [3.8, 4) is 0 Å². The molecule has 1 unspecified atom stereocenters. The van der Waals surface area contributed by atoms with Crippen molar-refractivity contribution in [3.63, 3.8) is 0 Å². The van der Waals surface area contributed by atoms with E-state index < -0.39 is 6.04 Å². The molecular weight excluding hydrogens is 212 g/mol. The zero-order valence-corrected chi connectivity index (χ0v) is 10.3. The molecule has 0 bridgehead atoms. The van der Waals surface area contributed by atoms with E-state index in [9.17, 15) is 4.79 Å². The summed E-state index contributed by atoms with van der Waals surface area (Å²) in [6.45, 7) is 2.03. The van der Waals surface area contributed by atoms with Gasteiger partial charge in [-0.05, 0) is 48.9 Å². The largest absolute Gasteiger partial charge is 0.325 e. The Bertz CT molecular complexity index is 415. The van der Waals surface area contributed by atoms with Gasteiger partial charge in [0.2, 0.25) is 5.91 Å². The van der Waals surface area contributed by atoms with Crippen molar-refractivity contribution < 1.29 is 4.79 Å². The summed E-state index contributed by atoms with van der Waals surface area (Å²) < 4.78 is 0. The molecule has 0 heterocycles. The van der Waals surface area contributed by atoms with Gasteiger partial charge in [0.15, 0.2) is 0 Å². The van der Waals surface area contributed by atoms with Gasteiger partial charge in [-0.3, -0.25) is 4.79 Å². The molecule has 1 aliphatic rings. The Morgan fingerprint density at radius 3 is 2.94 bits per heavy atom. The van der Waals surface area contributed by atoms with Crippen molar-refractivity contribution in [3.05, 3.63) is 29.3 Å². The van der Waals surface area contributed by atoms with Crippen LogP contribution in [0.25, 0.3) is 0 Å². The Balaban J connectivity index is 2.01. The minimum absolute atomic E-state index is 0.0789. The summed E-state index contributed by atoms with van der Waals surface area (Å²) in [5.41, 5.74) is 9.44. The molecule has 0 spiro atoms. The molecule has 0 saturated carbocycles. The van der Waals surface area contributed by atoms with E-state index in [1.54, 1.807) is 0 Å². The van der Waals surface area contributed by atoms with E-state index >= 15 is 0 Å². The molecule has 17 heavy (non-hydrogen) atoms. The highest BCUT2D eigenvalue weighted by Crippen LogP contribution is 2.24. The lowest BCUT2D eigenvalue weighted by atomic mass is 10.1. The highest BCUT2D eigenvalue weighted by molar-refractivity contribution is 5.94. The van der Waals surface area contributed by atoms with Crippen LogP contribution < -0.4 is 11.1 Å². The second kappa shape index (κ2) is 5.32. The average Bonchev–Trinajstić information content (AvgIpc) is 2.76. The normalized spacial score (nSPS) is 15.4. The number of benzene rings is 1. The van der Waals surface area contributed by atoms with E-state index in [2.05, 4.69) is 17.4 Å². The Morgan fingerprint density at radius 1 is 1.41 bits per heavy atom. The molecule has 3 N–H and O–H groups in total. The zero-order valence-electron chi connectivity index (χ0n) is 10.3. The lowest BCUT2D eigenvalue weighted by molar-refractivity contribution is -0.117. The highest BCUT2D eigenvalue weighted by atomic mass is 16.2. The topological polar surface area (TPSA) is 55.1 Å². The van der Waals surface area contributed by atoms with Gasteiger partial charge in [0.25, 0.3) is 0 Å². The molecule has 92 valence electrons. The number of anilines is 1. The van der Waals surface area contributed by atoms with Gasteiger partial charge in [-0.15, -0.1) is 0 Å². The van der Waals surface area contributed by atoms with Gasteiger partial charge in [-0.2, -0.15) is 0 Å². The van der Waals surface area contributed by atoms with Crippen LogP contribution in [0.3, 0.4) is 0 Å². The molecule has 2 rings (SSSR count). The van der Waals surface area contributed by atoms with E-state index in [1.165, 1.54) is 24.0 Å². The Kier molecular flexibility index (Phi) is 3.79. The number of carbonyl (C=O) groups excluding carboxylic acids is 1. The lowest BCUT2D eigenvalue weighted by Gasteiger charge is -2.12. The van der Waals surface area contributed by atoms with Crippen molar-refractivity contribution in [1.82, 2.24) is 0 Å². The van der Waals surface area contributed by atoms with Crippen molar-refractivity contribution in [2.75, 3.05) is 5.32 Å². The van der Waals surface area contributed by atoms with Crippen LogP contribution >= 0.6 is 0 Å². The third-order valence-electron chi connectivity index (χ3n) is 3.30. The number of hydrogen-bond donors (Lipinski definition) is 2. The summed E-state index contributed by atoms with van der Waals surface area (Å²) in [6, 6.07) is 5.77. The zero-order chi connectivity index (χ0) is 12.3. The molecule has 1 aromatic rings. The third-order valence-corrected chi connectivity index (χ3v) is 3.30. The first-order valence-corrected chi connectivity index (χ1v) is 6.39. The van der Waals surface area contributed by atoms with Gasteiger partial charge >= 0.3 is 0 Å². The van der Waals surface area contributed by atoms with Gasteiger partial charge in [-0.1, -0.05) is 19.4 Å². The first-order chi connectivity index (χ1) is 8.20. The fraction of sp³-hybridized carbons (Fsp3) is 0.500. The summed E-state index contributed by atoms with van der Waals surface area (Å²) in [7, 11) is 0. The van der Waals surface area contributed by atoms with Crippen LogP contribution in [0.5, 0.6) is 0 Å². The van der Waals surface area contributed by atoms with Crippen molar-refractivity contribution in [2.45, 2.75) is 45.1 Å². The van der Waals surface area contributed by atoms with E-state index in [4.69, 9.17) is 5.73 Å². The van der Waals surface area contributed by atoms with E-state index in [1.807, 2.05) is 13.0 Å². The summed E-state index contributed by atoms with van der Waals surface area (Å²) in [5, 5.41) is 2.89. The summed E-state index contributed by atoms with van der Waals surface area (Å²) in [6.07, 6.45) is 5.18. The van der Waals surface area contributed by atoms with Crippen molar-refractivity contribution in [1.29, 1.82) is 0 Å². The maximum atomic E-state index is 11.8. The number of carbonyl (C=O) groups is 1. The van der Waals surface area contributed by atoms with Gasteiger partial charge in [0.1, 0.15) is 0 Å². The third kappa shape index (κ3) is 2.86. The maximum absolute atomic E-state index is 11.8. The summed E-state index contributed by atoms with van der Waals surface area (Å²) in [5.74, 6) is -0.0789. The fourth-order valence-corrected chi connectivity index (χ4v) is 2.33. The first kappa shape index (κ1) is 12.1. The quantitative estimate of drug-likeness (QED) is 0.836. The summed E-state index contributed by atoms with van der Waals surface area (Å²) in [4.78, 5) is 11.8. The van der Waals surface area contributed by atoms with Gasteiger partial charge in [0.05, 0.1) is 6.04 Å². The molecule has 1 atom stereocenters. The minimum Gasteiger partial charge on any atom is -0.325 e. The lowest BCUT2D eigenvalue weighted by Crippen LogP contribution is -2.35. The number of aryl methyl sites for hydroxylation is 2. The average molecular weight is 232 g/mol. The predicted molar refractivity (Wildman–Crippen MR) is 70.0 cm³/mol. The van der Waals surface area contributed by atoms with Crippen LogP contribution in [0.2, 0.25) is 0 Å². The summed E-state index contributed by atoms with van der Waals surface area (Å²) >= 11 is 0. The highest BCUT2D eigenvalue weighted by Gasteiger charge is 2.14. The number of rotatable bonds is 4. The van der Waals surface area contributed by atoms with Crippen LogP contribution in [0.15, 0.2) is 18.2 Å². The number of fused-ring (bicyclic) bond motifs is 1. The minimum atomic E-state index is -0.395. The smallest absolute Gasteiger partial charge is 0.241 e. The molecule has 1 aromatic carbocycles. The van der Waals surface area contributed by atoms with Crippen LogP contribution in [-0.4, -0.2) is 11.9 Å². The van der Waals surface area contributed by atoms with Gasteiger partial charge in [0, 0.05) is 5.69 Å². The van der Waals surface area contributed by atoms with E-state index in [0.717, 1.165) is 24.9 Å². The van der Waals surface area contributed by atoms with Crippen LogP contribution in [0, 0.1) is 0 Å². The molecule has 0 aliphatic heterocycles. The number of nitrogens with one attached hydrogen (secondary N) is 1. The second-order valence-electron chi connectivity index (χ2n) is 4.72. The molecule has 0 radical (unpaired) electrons. The van der Waals surface area contributed by atoms with Crippen molar-refractivity contribution in [2.24, 2.45) is 5.73 Å². The number of nitrogens with two attached hydrogens (primary N) is 1. The fourth-order valence-electron chi connectivity index (χ4n) is 2.33. The Labute approximate surface area is 102 Å². The number of hydrogen-bond acceptors (Lipinski definition) is 2. The standard InChI is InChI=1S/C14H20N2O/c1-2-4-13(15)14(17)16-12-8-7-10-5-3-6-11(10)9-12/h7-9,13H,2-6,15H2,1H3,(H,16,17). The molecule has 3 heteroatoms. The molecule has 0 aromatic heterocycles. The predicted octanol–water partition coefficient (Wildman–Crippen LogP) is 2.24. The molecule has 1 amide bonds. The molecule has 0 saturated heterocycles. The van der Waals surface area contributed by atoms with Gasteiger partial charge in [-0.25, -0.2) is 0 Å². The van der Waals surface area contributed by atoms with E-state index in [-0.39, 0.29) is 5.91 Å². The molecule has 1 aliphatic carbocycles. The van der Waals surface area contributed by atoms with Gasteiger partial charge < -0.3 is 11.1 Å². The maximum Gasteiger partial charge on any atom is 0.241 e. The van der Waals surface area contributed by atoms with Crippen molar-refractivity contribution >= 4 is 11.6 Å². The molecule has 0 fully saturated rings. The number of amides is 1. The molecule has 3 nitrogen and oxygen atoms in total. The molecular formula is C14H20N2O. The van der Waals surface area contributed by atoms with Crippen LogP contribution in [0.1, 0.15) is 37.3 Å². The Hall–Kier alpha value is -1.35. The van der Waals surface area contributed by atoms with Crippen LogP contribution in [-0.2, 0) is 17.6 Å². The SMILES string of the molecule is CCCC(N)C(=O)Nc1ccc2c(c1)CCC2. The van der Waals surface area contributed by atoms with Crippen LogP contribution in [0.4, 0.5) is 5.69 Å². The van der Waals surface area contributed by atoms with E-state index in [0.29, 0.717) is 0 Å². The monoisotopic (exact) mass is 232 g/mol. The second-order valence-corrected chi connectivity index (χ2v) is 4.72. The first-order valence-electron chi connectivity index (χ1n) is 6.39.